The van der Waals surface area contributed by atoms with E-state index < -0.39 is 29.7 Å². The highest BCUT2D eigenvalue weighted by Gasteiger charge is 2.38. The number of nitrogens with one attached hydrogen (secondary N) is 1. The maximum Gasteiger partial charge on any atom is 0.416 e. The number of hydrogen-bond acceptors (Lipinski definition) is 4. The summed E-state index contributed by atoms with van der Waals surface area (Å²) in [4.78, 5) is 31.3. The van der Waals surface area contributed by atoms with Crippen LogP contribution in [0.4, 0.5) is 23.7 Å². The standard InChI is InChI=1S/C23H16F3N5O2/c1-14-19(21(32)30-10-9-28-13-30)20(16-7-5-15(12-27)6-8-16)29-22(33)31(14)18-4-2-3-17(11-18)23(24,25)26/h2-11,13,20H,1H3,(H,29,33). The van der Waals surface area contributed by atoms with Gasteiger partial charge in [-0.1, -0.05) is 18.2 Å². The number of urea groups is 1. The van der Waals surface area contributed by atoms with E-state index in [1.807, 2.05) is 6.07 Å². The van der Waals surface area contributed by atoms with Gasteiger partial charge < -0.3 is 5.32 Å². The minimum Gasteiger partial charge on any atom is -0.326 e. The zero-order chi connectivity index (χ0) is 23.8. The van der Waals surface area contributed by atoms with Crippen LogP contribution in [-0.4, -0.2) is 21.5 Å². The lowest BCUT2D eigenvalue weighted by atomic mass is 9.93. The molecule has 2 heterocycles. The number of nitrogens with zero attached hydrogens (tertiary/aromatic N) is 4. The lowest BCUT2D eigenvalue weighted by Crippen LogP contribution is -2.48. The number of alkyl halides is 3. The van der Waals surface area contributed by atoms with Gasteiger partial charge >= 0.3 is 12.2 Å². The molecule has 1 aliphatic rings. The van der Waals surface area contributed by atoms with Crippen LogP contribution in [0.5, 0.6) is 0 Å². The third kappa shape index (κ3) is 4.08. The number of aromatic nitrogens is 2. The average Bonchev–Trinajstić information content (AvgIpc) is 3.33. The van der Waals surface area contributed by atoms with Crippen LogP contribution in [0.15, 0.2) is 78.5 Å². The lowest BCUT2D eigenvalue weighted by Gasteiger charge is -2.36. The van der Waals surface area contributed by atoms with Gasteiger partial charge in [0.1, 0.15) is 6.33 Å². The van der Waals surface area contributed by atoms with Crippen molar-refractivity contribution in [3.8, 4) is 6.07 Å². The Morgan fingerprint density at radius 2 is 1.91 bits per heavy atom. The molecule has 1 aromatic heterocycles. The first kappa shape index (κ1) is 21.8. The first-order valence-corrected chi connectivity index (χ1v) is 9.72. The van der Waals surface area contributed by atoms with Crippen LogP contribution in [0.1, 0.15) is 34.5 Å². The Morgan fingerprint density at radius 1 is 1.18 bits per heavy atom. The predicted molar refractivity (Wildman–Crippen MR) is 112 cm³/mol. The minimum absolute atomic E-state index is 0.0333. The van der Waals surface area contributed by atoms with E-state index in [1.165, 1.54) is 42.3 Å². The number of carbonyl (C=O) groups is 2. The van der Waals surface area contributed by atoms with E-state index in [9.17, 15) is 22.8 Å². The van der Waals surface area contributed by atoms with Gasteiger partial charge in [-0.05, 0) is 42.8 Å². The third-order valence-electron chi connectivity index (χ3n) is 5.26. The summed E-state index contributed by atoms with van der Waals surface area (Å²) in [6, 6.07) is 11.1. The zero-order valence-electron chi connectivity index (χ0n) is 17.2. The average molecular weight is 451 g/mol. The van der Waals surface area contributed by atoms with Gasteiger partial charge in [0.25, 0.3) is 5.91 Å². The SMILES string of the molecule is CC1=C(C(=O)n2ccnc2)C(c2ccc(C#N)cc2)NC(=O)N1c1cccc(C(F)(F)F)c1. The molecule has 0 radical (unpaired) electrons. The summed E-state index contributed by atoms with van der Waals surface area (Å²) in [6.07, 6.45) is -0.455. The molecule has 0 spiro atoms. The Labute approximate surface area is 186 Å². The first-order valence-electron chi connectivity index (χ1n) is 9.72. The van der Waals surface area contributed by atoms with E-state index in [1.54, 1.807) is 24.3 Å². The molecule has 1 unspecified atom stereocenters. The highest BCUT2D eigenvalue weighted by molar-refractivity contribution is 6.05. The topological polar surface area (TPSA) is 91.0 Å². The number of nitriles is 1. The number of hydrogen-bond donors (Lipinski definition) is 1. The van der Waals surface area contributed by atoms with Crippen LogP contribution < -0.4 is 10.2 Å². The Balaban J connectivity index is 1.87. The second-order valence-corrected chi connectivity index (χ2v) is 7.27. The van der Waals surface area contributed by atoms with E-state index in [0.29, 0.717) is 11.1 Å². The Bertz CT molecular complexity index is 1290. The molecule has 0 fully saturated rings. The van der Waals surface area contributed by atoms with Crippen molar-refractivity contribution in [1.29, 1.82) is 5.26 Å². The summed E-state index contributed by atoms with van der Waals surface area (Å²) in [5.74, 6) is -0.503. The van der Waals surface area contributed by atoms with Crippen molar-refractivity contribution in [1.82, 2.24) is 14.9 Å². The number of anilines is 1. The lowest BCUT2D eigenvalue weighted by molar-refractivity contribution is -0.137. The van der Waals surface area contributed by atoms with Gasteiger partial charge in [-0.25, -0.2) is 9.78 Å². The second-order valence-electron chi connectivity index (χ2n) is 7.27. The molecule has 1 aliphatic heterocycles. The van der Waals surface area contributed by atoms with Gasteiger partial charge in [-0.3, -0.25) is 14.3 Å². The molecule has 3 aromatic rings. The normalized spacial score (nSPS) is 16.4. The second kappa shape index (κ2) is 8.27. The van der Waals surface area contributed by atoms with Gasteiger partial charge in [-0.15, -0.1) is 0 Å². The fourth-order valence-corrected chi connectivity index (χ4v) is 3.67. The summed E-state index contributed by atoms with van der Waals surface area (Å²) >= 11 is 0. The summed E-state index contributed by atoms with van der Waals surface area (Å²) in [6.45, 7) is 1.50. The molecule has 4 rings (SSSR count). The molecule has 1 atom stereocenters. The molecular formula is C23H16F3N5O2. The molecular weight excluding hydrogens is 435 g/mol. The third-order valence-corrected chi connectivity index (χ3v) is 5.26. The van der Waals surface area contributed by atoms with Gasteiger partial charge in [0.2, 0.25) is 0 Å². The first-order chi connectivity index (χ1) is 15.7. The summed E-state index contributed by atoms with van der Waals surface area (Å²) in [7, 11) is 0. The van der Waals surface area contributed by atoms with Crippen molar-refractivity contribution in [2.75, 3.05) is 4.90 Å². The molecule has 0 saturated carbocycles. The molecule has 0 saturated heterocycles. The van der Waals surface area contributed by atoms with Crippen molar-refractivity contribution in [3.05, 3.63) is 95.2 Å². The summed E-state index contributed by atoms with van der Waals surface area (Å²) in [5, 5.41) is 11.8. The van der Waals surface area contributed by atoms with Crippen LogP contribution in [0, 0.1) is 11.3 Å². The Kier molecular flexibility index (Phi) is 5.47. The van der Waals surface area contributed by atoms with Crippen molar-refractivity contribution in [2.45, 2.75) is 19.1 Å². The maximum absolute atomic E-state index is 13.3. The molecule has 166 valence electrons. The van der Waals surface area contributed by atoms with Crippen LogP contribution in [0.3, 0.4) is 0 Å². The van der Waals surface area contributed by atoms with E-state index >= 15 is 0 Å². The van der Waals surface area contributed by atoms with Crippen LogP contribution in [0.25, 0.3) is 0 Å². The minimum atomic E-state index is -4.60. The van der Waals surface area contributed by atoms with Gasteiger partial charge in [0, 0.05) is 18.1 Å². The Morgan fingerprint density at radius 3 is 2.52 bits per heavy atom. The number of imidazole rings is 1. The number of halogens is 3. The van der Waals surface area contributed by atoms with Gasteiger partial charge in [0.05, 0.1) is 34.5 Å². The van der Waals surface area contributed by atoms with E-state index in [4.69, 9.17) is 5.26 Å². The van der Waals surface area contributed by atoms with Crippen molar-refractivity contribution >= 4 is 17.6 Å². The van der Waals surface area contributed by atoms with Crippen molar-refractivity contribution in [3.63, 3.8) is 0 Å². The maximum atomic E-state index is 13.3. The van der Waals surface area contributed by atoms with E-state index in [2.05, 4.69) is 10.3 Å². The quantitative estimate of drug-likeness (QED) is 0.627. The molecule has 2 aromatic carbocycles. The number of carbonyl (C=O) groups excluding carboxylic acids is 2. The summed E-state index contributed by atoms with van der Waals surface area (Å²) < 4.78 is 41.0. The molecule has 0 bridgehead atoms. The van der Waals surface area contributed by atoms with Crippen molar-refractivity contribution in [2.24, 2.45) is 0 Å². The van der Waals surface area contributed by atoms with Crippen LogP contribution in [-0.2, 0) is 6.18 Å². The highest BCUT2D eigenvalue weighted by Crippen LogP contribution is 2.37. The Hall–Kier alpha value is -4.39. The molecule has 0 aliphatic carbocycles. The zero-order valence-corrected chi connectivity index (χ0v) is 17.2. The smallest absolute Gasteiger partial charge is 0.326 e. The van der Waals surface area contributed by atoms with Gasteiger partial charge in [-0.2, -0.15) is 18.4 Å². The van der Waals surface area contributed by atoms with E-state index in [0.717, 1.165) is 17.0 Å². The molecule has 2 amide bonds. The number of allylic oxidation sites excluding steroid dienone is 1. The monoisotopic (exact) mass is 451 g/mol. The molecule has 1 N–H and O–H groups in total. The fourth-order valence-electron chi connectivity index (χ4n) is 3.67. The largest absolute Gasteiger partial charge is 0.416 e. The predicted octanol–water partition coefficient (Wildman–Crippen LogP) is 4.66. The van der Waals surface area contributed by atoms with Crippen molar-refractivity contribution < 1.29 is 22.8 Å². The number of amides is 2. The molecule has 33 heavy (non-hydrogen) atoms. The van der Waals surface area contributed by atoms with Gasteiger partial charge in [0.15, 0.2) is 0 Å². The van der Waals surface area contributed by atoms with E-state index in [-0.39, 0.29) is 17.0 Å². The van der Waals surface area contributed by atoms with Crippen LogP contribution in [0.2, 0.25) is 0 Å². The fraction of sp³-hybridized carbons (Fsp3) is 0.130. The number of rotatable bonds is 3. The highest BCUT2D eigenvalue weighted by atomic mass is 19.4. The summed E-state index contributed by atoms with van der Waals surface area (Å²) in [5.41, 5.74) is 0.302. The number of benzene rings is 2. The van der Waals surface area contributed by atoms with Crippen LogP contribution >= 0.6 is 0 Å². The molecule has 7 nitrogen and oxygen atoms in total. The molecule has 10 heteroatoms.